The summed E-state index contributed by atoms with van der Waals surface area (Å²) in [7, 11) is 2.70. The Labute approximate surface area is 423 Å². The topological polar surface area (TPSA) is 309 Å². The predicted octanol–water partition coefficient (Wildman–Crippen LogP) is 1.02. The number of carboxylic acid groups (broad SMARTS) is 1. The van der Waals surface area contributed by atoms with Crippen LogP contribution in [-0.2, 0) is 51.0 Å². The van der Waals surface area contributed by atoms with E-state index in [2.05, 4.69) is 16.0 Å². The number of amides is 3. The molecule has 2 fully saturated rings. The van der Waals surface area contributed by atoms with Crippen molar-refractivity contribution in [1.82, 2.24) is 16.0 Å². The van der Waals surface area contributed by atoms with Gasteiger partial charge in [0, 0.05) is 39.2 Å². The number of rotatable bonds is 19. The molecule has 19 heteroatoms. The van der Waals surface area contributed by atoms with Gasteiger partial charge in [-0.25, -0.2) is 4.79 Å². The van der Waals surface area contributed by atoms with Gasteiger partial charge in [0.1, 0.15) is 54.7 Å². The Hall–Kier alpha value is -6.72. The van der Waals surface area contributed by atoms with Crippen LogP contribution in [0.2, 0.25) is 0 Å². The van der Waals surface area contributed by atoms with Gasteiger partial charge in [0.2, 0.25) is 17.7 Å². The van der Waals surface area contributed by atoms with Crippen LogP contribution in [0.15, 0.2) is 158 Å². The van der Waals surface area contributed by atoms with Crippen molar-refractivity contribution in [3.8, 4) is 0 Å². The van der Waals surface area contributed by atoms with Crippen molar-refractivity contribution >= 4 is 35.8 Å². The molecule has 73 heavy (non-hydrogen) atoms. The third-order valence-electron chi connectivity index (χ3n) is 11.3. The van der Waals surface area contributed by atoms with Crippen LogP contribution in [0.3, 0.4) is 0 Å². The number of carbonyl (C=O) groups is 4. The lowest BCUT2D eigenvalue weighted by molar-refractivity contribution is -0.262. The minimum Gasteiger partial charge on any atom is -0.480 e. The van der Waals surface area contributed by atoms with E-state index in [-0.39, 0.29) is 19.4 Å². The van der Waals surface area contributed by atoms with E-state index in [0.29, 0.717) is 0 Å². The maximum Gasteiger partial charge on any atom is 0.326 e. The van der Waals surface area contributed by atoms with Crippen LogP contribution >= 0.6 is 0 Å². The second-order valence-corrected chi connectivity index (χ2v) is 16.6. The fraction of sp³-hybridized carbons (Fsp3) is 0.333. The number of carboxylic acids is 1. The summed E-state index contributed by atoms with van der Waals surface area (Å²) in [6.07, 6.45) is 4.37. The highest BCUT2D eigenvalue weighted by Gasteiger charge is 2.46. The van der Waals surface area contributed by atoms with Gasteiger partial charge in [-0.05, 0) is 22.3 Å². The van der Waals surface area contributed by atoms with Crippen molar-refractivity contribution in [2.45, 2.75) is 86.2 Å². The van der Waals surface area contributed by atoms with Crippen molar-refractivity contribution in [1.29, 1.82) is 0 Å². The fourth-order valence-electron chi connectivity index (χ4n) is 7.31. The largest absolute Gasteiger partial charge is 0.480 e. The Bertz CT molecular complexity index is 2350. The number of aliphatic carboxylic acids is 1. The number of methoxy groups -OCH3 is 2. The summed E-state index contributed by atoms with van der Waals surface area (Å²) in [5, 5.41) is 74.8. The first-order chi connectivity index (χ1) is 35.2. The van der Waals surface area contributed by atoms with E-state index in [0.717, 1.165) is 22.3 Å². The van der Waals surface area contributed by atoms with Gasteiger partial charge in [0.05, 0.1) is 19.3 Å². The second kappa shape index (κ2) is 31.7. The van der Waals surface area contributed by atoms with Crippen molar-refractivity contribution in [3.05, 3.63) is 180 Å². The summed E-state index contributed by atoms with van der Waals surface area (Å²) in [6.45, 7) is -0.915. The van der Waals surface area contributed by atoms with E-state index < -0.39 is 104 Å². The maximum absolute atomic E-state index is 13.2. The lowest BCUT2D eigenvalue weighted by atomic mass is 9.96. The Kier molecular flexibility index (Phi) is 25.5. The highest BCUT2D eigenvalue weighted by molar-refractivity contribution is 5.93. The highest BCUT2D eigenvalue weighted by Crippen LogP contribution is 2.23. The smallest absolute Gasteiger partial charge is 0.326 e. The molecule has 2 heterocycles. The molecule has 0 saturated carbocycles. The lowest BCUT2D eigenvalue weighted by Crippen LogP contribution is -2.66. The molecule has 0 aromatic heterocycles. The number of aliphatic hydroxyl groups is 6. The third-order valence-corrected chi connectivity index (χ3v) is 11.3. The number of hydrogen-bond acceptors (Lipinski definition) is 15. The van der Waals surface area contributed by atoms with E-state index in [1.54, 1.807) is 24.3 Å². The van der Waals surface area contributed by atoms with E-state index in [1.807, 2.05) is 133 Å². The van der Waals surface area contributed by atoms with Gasteiger partial charge in [0.25, 0.3) is 0 Å². The SMILES string of the molecule is COC1OC(CO)C(O)C(O)C1N.COC1OC(CO)C(O)C(O)C1NC(=O)C(Cc1ccccc1)NC(=O)/C=C/C=C/c1ccccc1.O=C(/C=C/C=C/c1ccccc1)NC(Cc1ccccc1)C(=O)O. The van der Waals surface area contributed by atoms with Gasteiger partial charge in [-0.1, -0.05) is 158 Å². The van der Waals surface area contributed by atoms with Gasteiger partial charge in [-0.3, -0.25) is 14.4 Å². The zero-order chi connectivity index (χ0) is 53.1. The number of aliphatic hydroxyl groups excluding tert-OH is 6. The van der Waals surface area contributed by atoms with Crippen molar-refractivity contribution in [3.63, 3.8) is 0 Å². The van der Waals surface area contributed by atoms with Crippen LogP contribution in [0.1, 0.15) is 22.3 Å². The minimum atomic E-state index is -1.46. The lowest BCUT2D eigenvalue weighted by Gasteiger charge is -2.42. The minimum absolute atomic E-state index is 0.190. The summed E-state index contributed by atoms with van der Waals surface area (Å²) in [5.41, 5.74) is 9.18. The summed E-state index contributed by atoms with van der Waals surface area (Å²) in [6, 6.07) is 33.8. The van der Waals surface area contributed by atoms with Crippen LogP contribution < -0.4 is 21.7 Å². The van der Waals surface area contributed by atoms with Gasteiger partial charge in [-0.2, -0.15) is 0 Å². The summed E-state index contributed by atoms with van der Waals surface area (Å²) >= 11 is 0. The van der Waals surface area contributed by atoms with E-state index in [9.17, 15) is 49.8 Å². The third kappa shape index (κ3) is 19.7. The molecular formula is C54H66N4O15. The summed E-state index contributed by atoms with van der Waals surface area (Å²) in [5.74, 6) is -2.56. The molecule has 0 radical (unpaired) electrons. The molecule has 0 spiro atoms. The zero-order valence-electron chi connectivity index (χ0n) is 40.4. The Morgan fingerprint density at radius 2 is 0.973 bits per heavy atom. The number of ether oxygens (including phenoxy) is 4. The average molecular weight is 1010 g/mol. The van der Waals surface area contributed by atoms with Crippen LogP contribution in [0, 0.1) is 0 Å². The monoisotopic (exact) mass is 1010 g/mol. The number of nitrogens with one attached hydrogen (secondary N) is 3. The first-order valence-electron chi connectivity index (χ1n) is 23.3. The summed E-state index contributed by atoms with van der Waals surface area (Å²) < 4.78 is 20.6. The molecule has 392 valence electrons. The molecule has 4 aromatic carbocycles. The fourth-order valence-corrected chi connectivity index (χ4v) is 7.31. The van der Waals surface area contributed by atoms with Gasteiger partial charge in [-0.15, -0.1) is 0 Å². The first-order valence-corrected chi connectivity index (χ1v) is 23.3. The van der Waals surface area contributed by atoms with Crippen LogP contribution in [-0.4, -0.2) is 160 Å². The van der Waals surface area contributed by atoms with Crippen molar-refractivity contribution in [2.24, 2.45) is 5.73 Å². The molecule has 12 atom stereocenters. The van der Waals surface area contributed by atoms with Crippen molar-refractivity contribution in [2.75, 3.05) is 27.4 Å². The number of carbonyl (C=O) groups excluding carboxylic acids is 3. The number of hydrogen-bond donors (Lipinski definition) is 11. The Morgan fingerprint density at radius 1 is 0.575 bits per heavy atom. The average Bonchev–Trinajstić information content (AvgIpc) is 3.41. The normalized spacial score (nSPS) is 24.7. The Morgan fingerprint density at radius 3 is 1.40 bits per heavy atom. The van der Waals surface area contributed by atoms with Gasteiger partial charge < -0.3 is 76.4 Å². The first kappa shape index (κ1) is 58.8. The van der Waals surface area contributed by atoms with Gasteiger partial charge >= 0.3 is 5.97 Å². The molecule has 2 aliphatic heterocycles. The van der Waals surface area contributed by atoms with Crippen LogP contribution in [0.5, 0.6) is 0 Å². The number of allylic oxidation sites excluding steroid dienone is 4. The maximum atomic E-state index is 13.2. The number of nitrogens with two attached hydrogens (primary N) is 1. The molecule has 0 aliphatic carbocycles. The van der Waals surface area contributed by atoms with E-state index >= 15 is 0 Å². The predicted molar refractivity (Wildman–Crippen MR) is 270 cm³/mol. The van der Waals surface area contributed by atoms with Crippen LogP contribution in [0.4, 0.5) is 0 Å². The van der Waals surface area contributed by atoms with E-state index in [1.165, 1.54) is 26.4 Å². The second-order valence-electron chi connectivity index (χ2n) is 16.6. The molecule has 2 aliphatic rings. The molecule has 2 saturated heterocycles. The Balaban J connectivity index is 0.000000267. The molecular weight excluding hydrogens is 945 g/mol. The molecule has 12 unspecified atom stereocenters. The molecule has 0 bridgehead atoms. The summed E-state index contributed by atoms with van der Waals surface area (Å²) in [4.78, 5) is 49.0. The number of benzene rings is 4. The standard InChI is InChI=1S/C27H32N2O7.C20H19NO3.C7H15NO5/c1-35-27-23(25(33)24(32)21(17-30)36-27)29-26(34)20(16-19-13-6-3-7-14-19)28-22(31)15-9-8-12-18-10-4-2-5-11-18;22-19(14-8-7-11-16-9-3-1-4-10-16)21-18(20(23)24)15-17-12-5-2-6-13-17;1-12-7-4(8)6(11)5(10)3(2-9)13-7/h2-15,20-21,23-25,27,30,32-33H,16-17H2,1H3,(H,28,31)(H,29,34);1-14,18H,15H2,(H,21,22)(H,23,24);3-7,9-11H,2,8H2,1H3/b12-8+,15-9+;11-7+,14-8+;. The quantitative estimate of drug-likeness (QED) is 0.0462. The van der Waals surface area contributed by atoms with Crippen molar-refractivity contribution < 1.29 is 73.9 Å². The molecule has 4 aromatic rings. The zero-order valence-corrected chi connectivity index (χ0v) is 40.4. The highest BCUT2D eigenvalue weighted by atomic mass is 16.7. The molecule has 6 rings (SSSR count). The van der Waals surface area contributed by atoms with Crippen LogP contribution in [0.25, 0.3) is 12.2 Å². The molecule has 12 N–H and O–H groups in total. The molecule has 3 amide bonds. The van der Waals surface area contributed by atoms with E-state index in [4.69, 9.17) is 29.8 Å². The molecule has 19 nitrogen and oxygen atoms in total. The van der Waals surface area contributed by atoms with Gasteiger partial charge in [0.15, 0.2) is 12.6 Å².